The lowest BCUT2D eigenvalue weighted by molar-refractivity contribution is 0.102. The van der Waals surface area contributed by atoms with Gasteiger partial charge in [-0.1, -0.05) is 28.1 Å². The number of benzene rings is 4. The van der Waals surface area contributed by atoms with Crippen molar-refractivity contribution in [1.82, 2.24) is 0 Å². The van der Waals surface area contributed by atoms with Crippen molar-refractivity contribution in [2.75, 3.05) is 22.5 Å². The third kappa shape index (κ3) is 6.20. The van der Waals surface area contributed by atoms with E-state index in [0.717, 1.165) is 21.6 Å². The van der Waals surface area contributed by atoms with E-state index in [9.17, 15) is 13.2 Å². The van der Waals surface area contributed by atoms with Gasteiger partial charge in [-0.2, -0.15) is 0 Å². The standard InChI is InChI=1S/C26H22BrN3O4S/c1-34-22-14-12-20(13-15-22)28-19-8-10-21(11-9-19)29-26(31)24-4-2-3-5-25(24)30-35(32,33)23-16-6-18(27)7-17-23/h2-17,28,30H,1H3,(H,29,31). The molecule has 0 bridgehead atoms. The van der Waals surface area contributed by atoms with Crippen LogP contribution in [0.1, 0.15) is 10.4 Å². The molecule has 3 N–H and O–H groups in total. The Bertz CT molecular complexity index is 1420. The number of carbonyl (C=O) groups is 1. The Balaban J connectivity index is 1.46. The van der Waals surface area contributed by atoms with Gasteiger partial charge in [-0.25, -0.2) is 8.42 Å². The van der Waals surface area contributed by atoms with Crippen LogP contribution in [0.5, 0.6) is 5.75 Å². The van der Waals surface area contributed by atoms with Crippen LogP contribution in [0.25, 0.3) is 0 Å². The SMILES string of the molecule is COc1ccc(Nc2ccc(NC(=O)c3ccccc3NS(=O)(=O)c3ccc(Br)cc3)cc2)cc1. The molecule has 0 saturated heterocycles. The number of ether oxygens (including phenoxy) is 1. The van der Waals surface area contributed by atoms with Gasteiger partial charge in [-0.15, -0.1) is 0 Å². The number of carbonyl (C=O) groups excluding carboxylic acids is 1. The molecule has 0 saturated carbocycles. The molecule has 35 heavy (non-hydrogen) atoms. The lowest BCUT2D eigenvalue weighted by Crippen LogP contribution is -2.18. The van der Waals surface area contributed by atoms with Gasteiger partial charge in [0, 0.05) is 21.5 Å². The summed E-state index contributed by atoms with van der Waals surface area (Å²) in [6, 6.07) is 27.4. The molecule has 1 amide bonds. The molecule has 7 nitrogen and oxygen atoms in total. The molecule has 0 aliphatic carbocycles. The van der Waals surface area contributed by atoms with Crippen LogP contribution in [0.2, 0.25) is 0 Å². The van der Waals surface area contributed by atoms with Crippen molar-refractivity contribution in [2.45, 2.75) is 4.90 Å². The number of nitrogens with one attached hydrogen (secondary N) is 3. The minimum atomic E-state index is -3.87. The fourth-order valence-corrected chi connectivity index (χ4v) is 4.61. The molecular formula is C26H22BrN3O4S. The quantitative estimate of drug-likeness (QED) is 0.240. The highest BCUT2D eigenvalue weighted by Gasteiger charge is 2.18. The summed E-state index contributed by atoms with van der Waals surface area (Å²) in [6.45, 7) is 0. The van der Waals surface area contributed by atoms with Crippen LogP contribution in [-0.4, -0.2) is 21.4 Å². The summed E-state index contributed by atoms with van der Waals surface area (Å²) in [4.78, 5) is 13.1. The van der Waals surface area contributed by atoms with Crippen LogP contribution in [0.3, 0.4) is 0 Å². The van der Waals surface area contributed by atoms with Crippen molar-refractivity contribution in [2.24, 2.45) is 0 Å². The van der Waals surface area contributed by atoms with Gasteiger partial charge in [0.2, 0.25) is 0 Å². The minimum Gasteiger partial charge on any atom is -0.497 e. The average Bonchev–Trinajstić information content (AvgIpc) is 2.86. The number of methoxy groups -OCH3 is 1. The van der Waals surface area contributed by atoms with E-state index in [1.54, 1.807) is 55.6 Å². The first-order valence-electron chi connectivity index (χ1n) is 10.5. The Labute approximate surface area is 212 Å². The molecule has 0 atom stereocenters. The number of para-hydroxylation sites is 1. The lowest BCUT2D eigenvalue weighted by atomic mass is 10.1. The first-order chi connectivity index (χ1) is 16.8. The Morgan fingerprint density at radius 1 is 0.771 bits per heavy atom. The monoisotopic (exact) mass is 551 g/mol. The zero-order chi connectivity index (χ0) is 24.8. The van der Waals surface area contributed by atoms with E-state index in [1.807, 2.05) is 36.4 Å². The summed E-state index contributed by atoms with van der Waals surface area (Å²) >= 11 is 3.29. The molecule has 0 aliphatic heterocycles. The second-order valence-corrected chi connectivity index (χ2v) is 10.1. The van der Waals surface area contributed by atoms with Gasteiger partial charge in [0.25, 0.3) is 15.9 Å². The van der Waals surface area contributed by atoms with Crippen molar-refractivity contribution < 1.29 is 17.9 Å². The van der Waals surface area contributed by atoms with E-state index < -0.39 is 15.9 Å². The van der Waals surface area contributed by atoms with E-state index in [1.165, 1.54) is 12.1 Å². The second kappa shape index (κ2) is 10.6. The van der Waals surface area contributed by atoms with Crippen molar-refractivity contribution in [3.63, 3.8) is 0 Å². The van der Waals surface area contributed by atoms with Gasteiger partial charge in [-0.05, 0) is 84.9 Å². The van der Waals surface area contributed by atoms with Crippen LogP contribution in [-0.2, 0) is 10.0 Å². The van der Waals surface area contributed by atoms with E-state index in [4.69, 9.17) is 4.74 Å². The highest BCUT2D eigenvalue weighted by molar-refractivity contribution is 9.10. The highest BCUT2D eigenvalue weighted by atomic mass is 79.9. The van der Waals surface area contributed by atoms with Crippen LogP contribution in [0, 0.1) is 0 Å². The van der Waals surface area contributed by atoms with Crippen LogP contribution in [0.4, 0.5) is 22.7 Å². The number of rotatable bonds is 8. The zero-order valence-corrected chi connectivity index (χ0v) is 21.1. The number of sulfonamides is 1. The number of hydrogen-bond donors (Lipinski definition) is 3. The number of anilines is 4. The Kier molecular flexibility index (Phi) is 7.38. The van der Waals surface area contributed by atoms with Crippen molar-refractivity contribution in [1.29, 1.82) is 0 Å². The molecular weight excluding hydrogens is 530 g/mol. The summed E-state index contributed by atoms with van der Waals surface area (Å²) in [7, 11) is -2.25. The maximum absolute atomic E-state index is 13.0. The fraction of sp³-hybridized carbons (Fsp3) is 0.0385. The van der Waals surface area contributed by atoms with Gasteiger partial charge in [0.1, 0.15) is 5.75 Å². The summed E-state index contributed by atoms with van der Waals surface area (Å²) in [5, 5.41) is 6.09. The smallest absolute Gasteiger partial charge is 0.261 e. The first kappa shape index (κ1) is 24.3. The van der Waals surface area contributed by atoms with Crippen molar-refractivity contribution >= 4 is 54.6 Å². The van der Waals surface area contributed by atoms with Crippen LogP contribution >= 0.6 is 15.9 Å². The predicted molar refractivity (Wildman–Crippen MR) is 142 cm³/mol. The molecule has 0 spiro atoms. The number of amides is 1. The summed E-state index contributed by atoms with van der Waals surface area (Å²) in [5.41, 5.74) is 2.70. The fourth-order valence-electron chi connectivity index (χ4n) is 3.26. The molecule has 4 rings (SSSR count). The molecule has 0 aromatic heterocycles. The van der Waals surface area contributed by atoms with Crippen molar-refractivity contribution in [3.8, 4) is 5.75 Å². The van der Waals surface area contributed by atoms with Crippen molar-refractivity contribution in [3.05, 3.63) is 107 Å². The maximum Gasteiger partial charge on any atom is 0.261 e. The molecule has 0 unspecified atom stereocenters. The molecule has 0 fully saturated rings. The molecule has 4 aromatic rings. The van der Waals surface area contributed by atoms with Gasteiger partial charge < -0.3 is 15.4 Å². The third-order valence-corrected chi connectivity index (χ3v) is 6.97. The van der Waals surface area contributed by atoms with Gasteiger partial charge in [0.15, 0.2) is 0 Å². The minimum absolute atomic E-state index is 0.0934. The number of hydrogen-bond acceptors (Lipinski definition) is 5. The van der Waals surface area contributed by atoms with E-state index in [2.05, 4.69) is 31.3 Å². The summed E-state index contributed by atoms with van der Waals surface area (Å²) in [5.74, 6) is 0.336. The van der Waals surface area contributed by atoms with Gasteiger partial charge >= 0.3 is 0 Å². The molecule has 0 radical (unpaired) electrons. The normalized spacial score (nSPS) is 10.9. The van der Waals surface area contributed by atoms with Gasteiger partial charge in [0.05, 0.1) is 23.3 Å². The topological polar surface area (TPSA) is 96.5 Å². The van der Waals surface area contributed by atoms with E-state index in [0.29, 0.717) is 5.69 Å². The highest BCUT2D eigenvalue weighted by Crippen LogP contribution is 2.24. The maximum atomic E-state index is 13.0. The Morgan fingerprint density at radius 2 is 1.34 bits per heavy atom. The average molecular weight is 552 g/mol. The molecule has 0 aliphatic rings. The Hall–Kier alpha value is -3.82. The van der Waals surface area contributed by atoms with E-state index in [-0.39, 0.29) is 16.1 Å². The second-order valence-electron chi connectivity index (χ2n) is 7.49. The van der Waals surface area contributed by atoms with Crippen LogP contribution in [0.15, 0.2) is 106 Å². The molecule has 178 valence electrons. The lowest BCUT2D eigenvalue weighted by Gasteiger charge is -2.13. The van der Waals surface area contributed by atoms with Crippen LogP contribution < -0.4 is 20.1 Å². The van der Waals surface area contributed by atoms with Gasteiger partial charge in [-0.3, -0.25) is 9.52 Å². The zero-order valence-electron chi connectivity index (χ0n) is 18.7. The molecule has 0 heterocycles. The number of halogens is 1. The third-order valence-electron chi connectivity index (χ3n) is 5.06. The van der Waals surface area contributed by atoms with E-state index >= 15 is 0 Å². The molecule has 9 heteroatoms. The molecule has 4 aromatic carbocycles. The Morgan fingerprint density at radius 3 is 1.97 bits per heavy atom. The summed E-state index contributed by atoms with van der Waals surface area (Å²) in [6.07, 6.45) is 0. The largest absolute Gasteiger partial charge is 0.497 e. The summed E-state index contributed by atoms with van der Waals surface area (Å²) < 4.78 is 34.0. The predicted octanol–water partition coefficient (Wildman–Crippen LogP) is 6.25. The first-order valence-corrected chi connectivity index (χ1v) is 12.8.